The van der Waals surface area contributed by atoms with E-state index in [1.54, 1.807) is 0 Å². The lowest BCUT2D eigenvalue weighted by Crippen LogP contribution is -2.27. The first-order valence-electron chi connectivity index (χ1n) is 6.19. The highest BCUT2D eigenvalue weighted by Crippen LogP contribution is 2.18. The van der Waals surface area contributed by atoms with E-state index in [-0.39, 0.29) is 42.5 Å². The van der Waals surface area contributed by atoms with Crippen LogP contribution in [0.2, 0.25) is 0 Å². The molecule has 1 aromatic rings. The molecule has 118 valence electrons. The molecule has 1 rings (SSSR count). The Labute approximate surface area is 122 Å². The highest BCUT2D eigenvalue weighted by molar-refractivity contribution is 7.89. The highest BCUT2D eigenvalue weighted by Gasteiger charge is 2.21. The van der Waals surface area contributed by atoms with E-state index in [9.17, 15) is 13.2 Å². The van der Waals surface area contributed by atoms with Crippen molar-refractivity contribution in [3.05, 3.63) is 23.8 Å². The van der Waals surface area contributed by atoms with Crippen LogP contribution in [0.3, 0.4) is 0 Å². The van der Waals surface area contributed by atoms with Crippen molar-refractivity contribution in [2.45, 2.75) is 11.3 Å². The van der Waals surface area contributed by atoms with E-state index in [0.29, 0.717) is 6.42 Å². The van der Waals surface area contributed by atoms with Crippen LogP contribution in [-0.2, 0) is 14.8 Å². The number of carboxylic acids is 1. The van der Waals surface area contributed by atoms with Crippen LogP contribution < -0.4 is 10.5 Å². The van der Waals surface area contributed by atoms with E-state index in [0.717, 1.165) is 12.1 Å². The summed E-state index contributed by atoms with van der Waals surface area (Å²) in [5.41, 5.74) is 5.26. The quantitative estimate of drug-likeness (QED) is 0.360. The van der Waals surface area contributed by atoms with Crippen molar-refractivity contribution in [1.82, 2.24) is 4.72 Å². The Hall–Kier alpha value is -1.68. The van der Waals surface area contributed by atoms with Gasteiger partial charge in [0.1, 0.15) is 0 Å². The predicted octanol–water partition coefficient (Wildman–Crippen LogP) is -0.356. The molecule has 8 nitrogen and oxygen atoms in total. The Morgan fingerprint density at radius 2 is 2.05 bits per heavy atom. The second kappa shape index (κ2) is 7.93. The third-order valence-corrected chi connectivity index (χ3v) is 4.04. The van der Waals surface area contributed by atoms with Gasteiger partial charge in [0.2, 0.25) is 10.0 Å². The predicted molar refractivity (Wildman–Crippen MR) is 75.5 cm³/mol. The summed E-state index contributed by atoms with van der Waals surface area (Å²) in [6.07, 6.45) is 0.399. The van der Waals surface area contributed by atoms with E-state index >= 15 is 0 Å². The first-order chi connectivity index (χ1) is 9.88. The molecule has 0 bridgehead atoms. The molecule has 0 saturated carbocycles. The lowest BCUT2D eigenvalue weighted by atomic mass is 10.2. The minimum atomic E-state index is -3.94. The molecule has 21 heavy (non-hydrogen) atoms. The number of carboxylic acid groups (broad SMARTS) is 1. The second-order valence-corrected chi connectivity index (χ2v) is 5.88. The molecular formula is C12H18N2O6S. The van der Waals surface area contributed by atoms with E-state index < -0.39 is 16.0 Å². The fraction of sp³-hybridized carbons (Fsp3) is 0.417. The maximum Gasteiger partial charge on any atom is 0.337 e. The van der Waals surface area contributed by atoms with Gasteiger partial charge >= 0.3 is 5.97 Å². The van der Waals surface area contributed by atoms with Gasteiger partial charge in [-0.3, -0.25) is 0 Å². The third-order valence-electron chi connectivity index (χ3n) is 2.52. The van der Waals surface area contributed by atoms with Crippen molar-refractivity contribution >= 4 is 21.7 Å². The number of sulfonamides is 1. The van der Waals surface area contributed by atoms with E-state index in [2.05, 4.69) is 4.72 Å². The number of carbonyl (C=O) groups is 1. The minimum absolute atomic E-state index is 0.0944. The molecule has 0 amide bonds. The van der Waals surface area contributed by atoms with E-state index in [1.165, 1.54) is 6.07 Å². The molecule has 0 aliphatic rings. The highest BCUT2D eigenvalue weighted by atomic mass is 32.2. The van der Waals surface area contributed by atoms with E-state index in [1.807, 2.05) is 0 Å². The molecule has 0 aromatic heterocycles. The minimum Gasteiger partial charge on any atom is -0.478 e. The molecule has 1 aromatic carbocycles. The number of nitrogen functional groups attached to an aromatic ring is 1. The average molecular weight is 318 g/mol. The van der Waals surface area contributed by atoms with Gasteiger partial charge in [0, 0.05) is 18.8 Å². The van der Waals surface area contributed by atoms with Gasteiger partial charge in [0.15, 0.2) is 0 Å². The Balaban J connectivity index is 2.72. The Morgan fingerprint density at radius 1 is 1.33 bits per heavy atom. The largest absolute Gasteiger partial charge is 0.478 e. The number of aromatic carboxylic acids is 1. The van der Waals surface area contributed by atoms with Gasteiger partial charge in [-0.15, -0.1) is 0 Å². The fourth-order valence-corrected chi connectivity index (χ4v) is 2.83. The molecule has 0 aliphatic heterocycles. The van der Waals surface area contributed by atoms with Gasteiger partial charge < -0.3 is 20.7 Å². The zero-order chi connectivity index (χ0) is 15.9. The average Bonchev–Trinajstić information content (AvgIpc) is 2.42. The number of nitrogens with two attached hydrogens (primary N) is 1. The van der Waals surface area contributed by atoms with E-state index in [4.69, 9.17) is 20.7 Å². The van der Waals surface area contributed by atoms with Gasteiger partial charge in [0.05, 0.1) is 23.7 Å². The van der Waals surface area contributed by atoms with Crippen molar-refractivity contribution in [1.29, 1.82) is 0 Å². The second-order valence-electron chi connectivity index (χ2n) is 4.15. The van der Waals surface area contributed by atoms with Crippen LogP contribution in [-0.4, -0.2) is 51.0 Å². The molecule has 0 atom stereocenters. The molecule has 0 fully saturated rings. The number of benzene rings is 1. The van der Waals surface area contributed by atoms with Gasteiger partial charge in [-0.2, -0.15) is 0 Å². The van der Waals surface area contributed by atoms with Gasteiger partial charge in [-0.1, -0.05) is 0 Å². The SMILES string of the molecule is Nc1ccc(S(=O)(=O)NCCCOCCO)c(C(=O)O)c1. The molecule has 5 N–H and O–H groups in total. The lowest BCUT2D eigenvalue weighted by molar-refractivity contribution is 0.0692. The van der Waals surface area contributed by atoms with Crippen LogP contribution in [0.4, 0.5) is 5.69 Å². The summed E-state index contributed by atoms with van der Waals surface area (Å²) in [7, 11) is -3.94. The molecule has 0 unspecified atom stereocenters. The Kier molecular flexibility index (Phi) is 6.56. The zero-order valence-electron chi connectivity index (χ0n) is 11.3. The van der Waals surface area contributed by atoms with Gasteiger partial charge in [-0.25, -0.2) is 17.9 Å². The van der Waals surface area contributed by atoms with Crippen molar-refractivity contribution in [3.63, 3.8) is 0 Å². The molecule has 0 spiro atoms. The summed E-state index contributed by atoms with van der Waals surface area (Å²) in [5.74, 6) is -1.37. The summed E-state index contributed by atoms with van der Waals surface area (Å²) in [6.45, 7) is 0.473. The maximum absolute atomic E-state index is 12.1. The van der Waals surface area contributed by atoms with Crippen LogP contribution >= 0.6 is 0 Å². The standard InChI is InChI=1S/C12H18N2O6S/c13-9-2-3-11(10(8-9)12(16)17)21(18,19)14-4-1-6-20-7-5-15/h2-3,8,14-15H,1,4-7,13H2,(H,16,17). The van der Waals surface area contributed by atoms with Crippen molar-refractivity contribution in [2.75, 3.05) is 32.1 Å². The van der Waals surface area contributed by atoms with Gasteiger partial charge in [0.25, 0.3) is 0 Å². The summed E-state index contributed by atoms with van der Waals surface area (Å²) >= 11 is 0. The zero-order valence-corrected chi connectivity index (χ0v) is 12.1. The smallest absolute Gasteiger partial charge is 0.337 e. The number of nitrogens with one attached hydrogen (secondary N) is 1. The van der Waals surface area contributed by atoms with Crippen molar-refractivity contribution < 1.29 is 28.2 Å². The first-order valence-corrected chi connectivity index (χ1v) is 7.68. The number of hydrogen-bond donors (Lipinski definition) is 4. The Bertz CT molecular complexity index is 587. The molecule has 9 heteroatoms. The summed E-state index contributed by atoms with van der Waals surface area (Å²) in [6, 6.07) is 3.58. The maximum atomic E-state index is 12.1. The summed E-state index contributed by atoms with van der Waals surface area (Å²) in [5, 5.41) is 17.5. The van der Waals surface area contributed by atoms with Crippen LogP contribution in [0.5, 0.6) is 0 Å². The van der Waals surface area contributed by atoms with Crippen molar-refractivity contribution in [3.8, 4) is 0 Å². The normalized spacial score (nSPS) is 11.5. The number of aliphatic hydroxyl groups excluding tert-OH is 1. The lowest BCUT2D eigenvalue weighted by Gasteiger charge is -2.10. The van der Waals surface area contributed by atoms with Crippen LogP contribution in [0.15, 0.2) is 23.1 Å². The van der Waals surface area contributed by atoms with Crippen molar-refractivity contribution in [2.24, 2.45) is 0 Å². The number of ether oxygens (including phenoxy) is 1. The van der Waals surface area contributed by atoms with Crippen LogP contribution in [0, 0.1) is 0 Å². The molecular weight excluding hydrogens is 300 g/mol. The third kappa shape index (κ3) is 5.31. The molecule has 0 saturated heterocycles. The monoisotopic (exact) mass is 318 g/mol. The first kappa shape index (κ1) is 17.4. The summed E-state index contributed by atoms with van der Waals surface area (Å²) in [4.78, 5) is 10.7. The van der Waals surface area contributed by atoms with Gasteiger partial charge in [-0.05, 0) is 24.6 Å². The van der Waals surface area contributed by atoms with Crippen LogP contribution in [0.1, 0.15) is 16.8 Å². The number of aliphatic hydroxyl groups is 1. The topological polar surface area (TPSA) is 139 Å². The van der Waals surface area contributed by atoms with Crippen LogP contribution in [0.25, 0.3) is 0 Å². The Morgan fingerprint density at radius 3 is 2.67 bits per heavy atom. The summed E-state index contributed by atoms with van der Waals surface area (Å²) < 4.78 is 31.4. The number of anilines is 1. The molecule has 0 aliphatic carbocycles. The number of rotatable bonds is 9. The number of hydrogen-bond acceptors (Lipinski definition) is 6. The molecule has 0 radical (unpaired) electrons. The fourth-order valence-electron chi connectivity index (χ4n) is 1.57. The molecule has 0 heterocycles.